The minimum absolute atomic E-state index is 0. The van der Waals surface area contributed by atoms with Crippen LogP contribution in [0.5, 0.6) is 0 Å². The van der Waals surface area contributed by atoms with Gasteiger partial charge in [-0.25, -0.2) is 9.50 Å². The summed E-state index contributed by atoms with van der Waals surface area (Å²) >= 11 is 1.68. The Kier molecular flexibility index (Phi) is 5.58. The van der Waals surface area contributed by atoms with Crippen LogP contribution in [-0.4, -0.2) is 14.6 Å². The van der Waals surface area contributed by atoms with Gasteiger partial charge in [0.15, 0.2) is 5.65 Å². The van der Waals surface area contributed by atoms with Gasteiger partial charge in [-0.2, -0.15) is 46.8 Å². The first-order valence-corrected chi connectivity index (χ1v) is 7.18. The van der Waals surface area contributed by atoms with E-state index in [1.54, 1.807) is 11.3 Å². The molecule has 4 rings (SSSR count). The fourth-order valence-corrected chi connectivity index (χ4v) is 2.88. The SMILES string of the molecule is [CH3-].[U+2].[c-]1ccc(-c2cnc3c(-c4ccsc4)cnn3c2)cc1. The van der Waals surface area contributed by atoms with Crippen molar-refractivity contribution in [3.8, 4) is 22.3 Å². The number of hydrogen-bond acceptors (Lipinski definition) is 3. The van der Waals surface area contributed by atoms with Gasteiger partial charge in [-0.05, 0) is 28.0 Å². The number of nitrogens with zero attached hydrogens (tertiary/aromatic N) is 3. The summed E-state index contributed by atoms with van der Waals surface area (Å²) < 4.78 is 1.83. The van der Waals surface area contributed by atoms with Crippen molar-refractivity contribution in [3.63, 3.8) is 0 Å². The van der Waals surface area contributed by atoms with E-state index < -0.39 is 0 Å². The monoisotopic (exact) mass is 529 g/mol. The quantitative estimate of drug-likeness (QED) is 0.361. The van der Waals surface area contributed by atoms with Crippen LogP contribution in [0.25, 0.3) is 27.9 Å². The first kappa shape index (κ1) is 17.0. The van der Waals surface area contributed by atoms with Crippen molar-refractivity contribution >= 4 is 17.0 Å². The molecule has 0 amide bonds. The Morgan fingerprint density at radius 2 is 1.82 bits per heavy atom. The second kappa shape index (κ2) is 7.24. The molecule has 5 heteroatoms. The zero-order chi connectivity index (χ0) is 13.4. The third-order valence-corrected chi connectivity index (χ3v) is 3.92. The van der Waals surface area contributed by atoms with Crippen molar-refractivity contribution in [1.29, 1.82) is 0 Å². The predicted molar refractivity (Wildman–Crippen MR) is 87.0 cm³/mol. The standard InChI is InChI=1S/C16H10N3S.CH3.U/c1-2-4-12(5-3-1)14-8-17-16-15(9-18-19(16)10-14)13-6-7-20-11-13;;/h2-11H;1H3;/q2*-1;+2. The molecule has 0 aliphatic rings. The van der Waals surface area contributed by atoms with E-state index in [2.05, 4.69) is 33.0 Å². The van der Waals surface area contributed by atoms with E-state index in [0.717, 1.165) is 22.3 Å². The van der Waals surface area contributed by atoms with Crippen molar-refractivity contribution in [2.45, 2.75) is 0 Å². The zero-order valence-electron chi connectivity index (χ0n) is 12.0. The van der Waals surface area contributed by atoms with Crippen LogP contribution in [0, 0.1) is 44.6 Å². The third kappa shape index (κ3) is 3.03. The van der Waals surface area contributed by atoms with Crippen LogP contribution in [0.4, 0.5) is 0 Å². The van der Waals surface area contributed by atoms with E-state index in [1.807, 2.05) is 47.4 Å². The van der Waals surface area contributed by atoms with Gasteiger partial charge >= 0.3 is 31.1 Å². The van der Waals surface area contributed by atoms with Crippen LogP contribution in [0.1, 0.15) is 0 Å². The molecule has 0 atom stereocenters. The first-order valence-electron chi connectivity index (χ1n) is 6.24. The van der Waals surface area contributed by atoms with Crippen molar-refractivity contribution in [1.82, 2.24) is 14.6 Å². The van der Waals surface area contributed by atoms with Crippen molar-refractivity contribution in [3.05, 3.63) is 73.2 Å². The number of fused-ring (bicyclic) bond motifs is 1. The Morgan fingerprint density at radius 1 is 1.00 bits per heavy atom. The van der Waals surface area contributed by atoms with Crippen LogP contribution in [0.2, 0.25) is 0 Å². The molecular weight excluding hydrogens is 516 g/mol. The van der Waals surface area contributed by atoms with Crippen molar-refractivity contribution < 1.29 is 31.1 Å². The van der Waals surface area contributed by atoms with E-state index in [4.69, 9.17) is 0 Å². The molecular formula is C17H13N3SU. The van der Waals surface area contributed by atoms with Crippen LogP contribution >= 0.6 is 11.3 Å². The molecule has 1 aromatic carbocycles. The Morgan fingerprint density at radius 3 is 2.55 bits per heavy atom. The summed E-state index contributed by atoms with van der Waals surface area (Å²) in [6, 6.07) is 13.0. The van der Waals surface area contributed by atoms with E-state index in [9.17, 15) is 0 Å². The molecule has 3 aromatic heterocycles. The first-order chi connectivity index (χ1) is 9.92. The van der Waals surface area contributed by atoms with Gasteiger partial charge in [0.1, 0.15) is 0 Å². The fourth-order valence-electron chi connectivity index (χ4n) is 2.22. The summed E-state index contributed by atoms with van der Waals surface area (Å²) in [7, 11) is 0. The van der Waals surface area contributed by atoms with E-state index in [1.165, 1.54) is 5.56 Å². The topological polar surface area (TPSA) is 30.2 Å². The van der Waals surface area contributed by atoms with Crippen molar-refractivity contribution in [2.75, 3.05) is 0 Å². The molecule has 0 unspecified atom stereocenters. The molecule has 0 aliphatic carbocycles. The Balaban J connectivity index is 0.000000882. The summed E-state index contributed by atoms with van der Waals surface area (Å²) in [5.41, 5.74) is 5.28. The Bertz CT molecular complexity index is 854. The minimum atomic E-state index is 0. The molecule has 106 valence electrons. The average molecular weight is 529 g/mol. The van der Waals surface area contributed by atoms with Gasteiger partial charge in [-0.3, -0.25) is 0 Å². The minimum Gasteiger partial charge on any atom is -0.358 e. The number of rotatable bonds is 2. The van der Waals surface area contributed by atoms with E-state index in [-0.39, 0.29) is 38.5 Å². The molecule has 0 saturated heterocycles. The summed E-state index contributed by atoms with van der Waals surface area (Å²) in [5.74, 6) is 0. The Labute approximate surface area is 157 Å². The second-order valence-corrected chi connectivity index (χ2v) is 5.25. The zero-order valence-corrected chi connectivity index (χ0v) is 17.0. The summed E-state index contributed by atoms with van der Waals surface area (Å²) in [4.78, 5) is 4.57. The van der Waals surface area contributed by atoms with E-state index in [0.29, 0.717) is 0 Å². The van der Waals surface area contributed by atoms with Crippen LogP contribution in [0.3, 0.4) is 0 Å². The van der Waals surface area contributed by atoms with Gasteiger partial charge in [0.05, 0.1) is 6.20 Å². The summed E-state index contributed by atoms with van der Waals surface area (Å²) in [6.07, 6.45) is 5.77. The van der Waals surface area contributed by atoms with Gasteiger partial charge in [0, 0.05) is 18.0 Å². The predicted octanol–water partition coefficient (Wildman–Crippen LogP) is 4.38. The number of aromatic nitrogens is 3. The Hall–Kier alpha value is -1.41. The van der Waals surface area contributed by atoms with Gasteiger partial charge in [0.2, 0.25) is 0 Å². The maximum absolute atomic E-state index is 4.57. The van der Waals surface area contributed by atoms with Crippen molar-refractivity contribution in [2.24, 2.45) is 0 Å². The maximum atomic E-state index is 4.57. The molecule has 0 saturated carbocycles. The molecule has 0 bridgehead atoms. The third-order valence-electron chi connectivity index (χ3n) is 3.24. The van der Waals surface area contributed by atoms with Gasteiger partial charge < -0.3 is 7.43 Å². The fraction of sp³-hybridized carbons (Fsp3) is 0. The van der Waals surface area contributed by atoms with Gasteiger partial charge in [-0.15, -0.1) is 5.56 Å². The molecule has 0 fully saturated rings. The number of benzene rings is 1. The smallest absolute Gasteiger partial charge is 0.358 e. The normalized spacial score (nSPS) is 10.0. The summed E-state index contributed by atoms with van der Waals surface area (Å²) in [6.45, 7) is 0. The molecule has 3 heterocycles. The second-order valence-electron chi connectivity index (χ2n) is 4.47. The van der Waals surface area contributed by atoms with Crippen LogP contribution < -0.4 is 0 Å². The summed E-state index contributed by atoms with van der Waals surface area (Å²) in [5, 5.41) is 8.59. The van der Waals surface area contributed by atoms with Crippen LogP contribution in [0.15, 0.2) is 59.7 Å². The largest absolute Gasteiger partial charge is 2.00 e. The molecule has 0 radical (unpaired) electrons. The number of thiophene rings is 1. The maximum Gasteiger partial charge on any atom is 2.00 e. The van der Waals surface area contributed by atoms with Gasteiger partial charge in [-0.1, -0.05) is 0 Å². The van der Waals surface area contributed by atoms with Gasteiger partial charge in [0.25, 0.3) is 0 Å². The molecule has 3 nitrogen and oxygen atoms in total. The molecule has 0 aliphatic heterocycles. The van der Waals surface area contributed by atoms with E-state index >= 15 is 0 Å². The molecule has 4 aromatic rings. The van der Waals surface area contributed by atoms with Crippen LogP contribution in [-0.2, 0) is 0 Å². The molecule has 22 heavy (non-hydrogen) atoms. The average Bonchev–Trinajstić information content (AvgIpc) is 3.16. The molecule has 0 spiro atoms. The number of hydrogen-bond donors (Lipinski definition) is 0. The molecule has 0 N–H and O–H groups in total.